The van der Waals surface area contributed by atoms with Gasteiger partial charge in [-0.25, -0.2) is 0 Å². The number of nitrogens with zero attached hydrogens (tertiary/aromatic N) is 4. The lowest BCUT2D eigenvalue weighted by Crippen LogP contribution is -2.38. The SMILES string of the molecule is Cc1nn(CC(=O)NC(C)Cn2cccn2)c(C)c1N. The molecule has 0 aliphatic heterocycles. The minimum absolute atomic E-state index is 0.00304. The van der Waals surface area contributed by atoms with Crippen LogP contribution >= 0.6 is 0 Å². The van der Waals surface area contributed by atoms with Gasteiger partial charge in [-0.15, -0.1) is 0 Å². The van der Waals surface area contributed by atoms with Crippen molar-refractivity contribution in [1.29, 1.82) is 0 Å². The Morgan fingerprint density at radius 1 is 1.50 bits per heavy atom. The van der Waals surface area contributed by atoms with Crippen LogP contribution in [0.4, 0.5) is 5.69 Å². The molecule has 7 nitrogen and oxygen atoms in total. The maximum atomic E-state index is 12.0. The second-order valence-electron chi connectivity index (χ2n) is 4.94. The first kappa shape index (κ1) is 14.1. The highest BCUT2D eigenvalue weighted by atomic mass is 16.2. The van der Waals surface area contributed by atoms with Gasteiger partial charge >= 0.3 is 0 Å². The third-order valence-electron chi connectivity index (χ3n) is 3.16. The van der Waals surface area contributed by atoms with Gasteiger partial charge in [-0.3, -0.25) is 14.2 Å². The van der Waals surface area contributed by atoms with Crippen molar-refractivity contribution in [2.45, 2.75) is 39.9 Å². The van der Waals surface area contributed by atoms with Crippen LogP contribution in [0.2, 0.25) is 0 Å². The van der Waals surface area contributed by atoms with Gasteiger partial charge in [-0.1, -0.05) is 0 Å². The summed E-state index contributed by atoms with van der Waals surface area (Å²) in [5, 5.41) is 11.3. The lowest BCUT2D eigenvalue weighted by molar-refractivity contribution is -0.122. The molecule has 2 aromatic heterocycles. The topological polar surface area (TPSA) is 90.8 Å². The average Bonchev–Trinajstić information content (AvgIpc) is 2.95. The van der Waals surface area contributed by atoms with Crippen LogP contribution in [-0.2, 0) is 17.9 Å². The van der Waals surface area contributed by atoms with E-state index in [1.807, 2.05) is 33.0 Å². The number of nitrogen functional groups attached to an aromatic ring is 1. The number of carbonyl (C=O) groups is 1. The predicted octanol–water partition coefficient (Wildman–Crippen LogP) is 0.484. The standard InChI is InChI=1S/C13H20N6O/c1-9(7-18-6-4-5-15-18)16-12(20)8-19-11(3)13(14)10(2)17-19/h4-6,9H,7-8,14H2,1-3H3,(H,16,20). The van der Waals surface area contributed by atoms with Crippen LogP contribution in [0.15, 0.2) is 18.5 Å². The second-order valence-corrected chi connectivity index (χ2v) is 4.94. The van der Waals surface area contributed by atoms with E-state index in [4.69, 9.17) is 5.73 Å². The number of hydrogen-bond acceptors (Lipinski definition) is 4. The largest absolute Gasteiger partial charge is 0.396 e. The summed E-state index contributed by atoms with van der Waals surface area (Å²) in [6, 6.07) is 1.85. The van der Waals surface area contributed by atoms with Gasteiger partial charge in [0.1, 0.15) is 6.54 Å². The number of amides is 1. The fraction of sp³-hybridized carbons (Fsp3) is 0.462. The highest BCUT2D eigenvalue weighted by Gasteiger charge is 2.13. The van der Waals surface area contributed by atoms with Crippen molar-refractivity contribution in [2.75, 3.05) is 5.73 Å². The summed E-state index contributed by atoms with van der Waals surface area (Å²) in [5.41, 5.74) is 8.05. The van der Waals surface area contributed by atoms with E-state index in [-0.39, 0.29) is 18.5 Å². The van der Waals surface area contributed by atoms with E-state index in [2.05, 4.69) is 15.5 Å². The predicted molar refractivity (Wildman–Crippen MR) is 75.9 cm³/mol. The Bertz CT molecular complexity index is 586. The van der Waals surface area contributed by atoms with Gasteiger partial charge in [0.05, 0.1) is 23.6 Å². The van der Waals surface area contributed by atoms with Crippen molar-refractivity contribution < 1.29 is 4.79 Å². The molecule has 7 heteroatoms. The maximum absolute atomic E-state index is 12.0. The summed E-state index contributed by atoms with van der Waals surface area (Å²) in [6.45, 7) is 6.44. The Morgan fingerprint density at radius 2 is 2.25 bits per heavy atom. The normalized spacial score (nSPS) is 12.3. The molecule has 0 saturated heterocycles. The number of anilines is 1. The molecule has 2 aromatic rings. The number of hydrogen-bond donors (Lipinski definition) is 2. The molecular formula is C13H20N6O. The van der Waals surface area contributed by atoms with Gasteiger partial charge < -0.3 is 11.1 Å². The molecule has 0 aliphatic rings. The van der Waals surface area contributed by atoms with E-state index >= 15 is 0 Å². The lowest BCUT2D eigenvalue weighted by Gasteiger charge is -2.14. The molecule has 0 fully saturated rings. The van der Waals surface area contributed by atoms with Crippen molar-refractivity contribution in [1.82, 2.24) is 24.9 Å². The summed E-state index contributed by atoms with van der Waals surface area (Å²) >= 11 is 0. The van der Waals surface area contributed by atoms with E-state index in [9.17, 15) is 4.79 Å². The summed E-state index contributed by atoms with van der Waals surface area (Å²) < 4.78 is 3.41. The number of nitrogens with one attached hydrogen (secondary N) is 1. The average molecular weight is 276 g/mol. The molecule has 2 heterocycles. The number of rotatable bonds is 5. The first-order chi connectivity index (χ1) is 9.47. The minimum Gasteiger partial charge on any atom is -0.396 e. The zero-order chi connectivity index (χ0) is 14.7. The number of carbonyl (C=O) groups excluding carboxylic acids is 1. The Balaban J connectivity index is 1.90. The van der Waals surface area contributed by atoms with Gasteiger partial charge in [0, 0.05) is 18.4 Å². The molecule has 0 radical (unpaired) electrons. The van der Waals surface area contributed by atoms with Gasteiger partial charge in [0.2, 0.25) is 5.91 Å². The molecule has 1 amide bonds. The molecule has 0 saturated carbocycles. The third-order valence-corrected chi connectivity index (χ3v) is 3.16. The van der Waals surface area contributed by atoms with Crippen LogP contribution in [-0.4, -0.2) is 31.5 Å². The van der Waals surface area contributed by atoms with Gasteiger partial charge in [-0.2, -0.15) is 10.2 Å². The van der Waals surface area contributed by atoms with Crippen LogP contribution in [0.3, 0.4) is 0 Å². The van der Waals surface area contributed by atoms with E-state index in [0.29, 0.717) is 12.2 Å². The highest BCUT2D eigenvalue weighted by molar-refractivity contribution is 5.76. The molecular weight excluding hydrogens is 256 g/mol. The van der Waals surface area contributed by atoms with Crippen LogP contribution in [0, 0.1) is 13.8 Å². The van der Waals surface area contributed by atoms with Crippen LogP contribution in [0.25, 0.3) is 0 Å². The van der Waals surface area contributed by atoms with E-state index < -0.39 is 0 Å². The molecule has 20 heavy (non-hydrogen) atoms. The zero-order valence-electron chi connectivity index (χ0n) is 12.0. The van der Waals surface area contributed by atoms with Gasteiger partial charge in [0.15, 0.2) is 0 Å². The second kappa shape index (κ2) is 5.77. The first-order valence-electron chi connectivity index (χ1n) is 6.53. The van der Waals surface area contributed by atoms with E-state index in [1.165, 1.54) is 0 Å². The molecule has 108 valence electrons. The Hall–Kier alpha value is -2.31. The Kier molecular flexibility index (Phi) is 4.07. The number of aryl methyl sites for hydroxylation is 1. The van der Waals surface area contributed by atoms with Crippen LogP contribution < -0.4 is 11.1 Å². The van der Waals surface area contributed by atoms with Gasteiger partial charge in [-0.05, 0) is 26.8 Å². The van der Waals surface area contributed by atoms with Crippen molar-refractivity contribution in [3.63, 3.8) is 0 Å². The fourth-order valence-corrected chi connectivity index (χ4v) is 2.06. The summed E-state index contributed by atoms with van der Waals surface area (Å²) in [7, 11) is 0. The van der Waals surface area contributed by atoms with E-state index in [1.54, 1.807) is 15.6 Å². The quantitative estimate of drug-likeness (QED) is 0.831. The Labute approximate surface area is 117 Å². The maximum Gasteiger partial charge on any atom is 0.242 e. The zero-order valence-corrected chi connectivity index (χ0v) is 12.0. The number of nitrogens with two attached hydrogens (primary N) is 1. The van der Waals surface area contributed by atoms with Gasteiger partial charge in [0.25, 0.3) is 0 Å². The smallest absolute Gasteiger partial charge is 0.242 e. The molecule has 0 bridgehead atoms. The molecule has 0 spiro atoms. The third kappa shape index (κ3) is 3.17. The van der Waals surface area contributed by atoms with Crippen molar-refractivity contribution in [3.05, 3.63) is 29.8 Å². The Morgan fingerprint density at radius 3 is 2.80 bits per heavy atom. The van der Waals surface area contributed by atoms with Crippen LogP contribution in [0.5, 0.6) is 0 Å². The summed E-state index contributed by atoms with van der Waals surface area (Å²) in [6.07, 6.45) is 3.58. The van der Waals surface area contributed by atoms with Crippen LogP contribution in [0.1, 0.15) is 18.3 Å². The minimum atomic E-state index is -0.0877. The summed E-state index contributed by atoms with van der Waals surface area (Å²) in [5.74, 6) is -0.0877. The monoisotopic (exact) mass is 276 g/mol. The highest BCUT2D eigenvalue weighted by Crippen LogP contribution is 2.14. The van der Waals surface area contributed by atoms with Crippen molar-refractivity contribution >= 4 is 11.6 Å². The van der Waals surface area contributed by atoms with E-state index in [0.717, 1.165) is 11.4 Å². The number of aromatic nitrogens is 4. The van der Waals surface area contributed by atoms with Crippen molar-refractivity contribution in [2.24, 2.45) is 0 Å². The molecule has 0 aromatic carbocycles. The first-order valence-corrected chi connectivity index (χ1v) is 6.53. The lowest BCUT2D eigenvalue weighted by atomic mass is 10.3. The molecule has 1 unspecified atom stereocenters. The summed E-state index contributed by atoms with van der Waals surface area (Å²) in [4.78, 5) is 12.0. The molecule has 0 aliphatic carbocycles. The molecule has 2 rings (SSSR count). The molecule has 1 atom stereocenters. The van der Waals surface area contributed by atoms with Crippen molar-refractivity contribution in [3.8, 4) is 0 Å². The molecule has 3 N–H and O–H groups in total. The fourth-order valence-electron chi connectivity index (χ4n) is 2.06.